The smallest absolute Gasteiger partial charge is 0.262 e. The largest absolute Gasteiger partial charge is 0.484 e. The highest BCUT2D eigenvalue weighted by molar-refractivity contribution is 6.30. The average Bonchev–Trinajstić information content (AvgIpc) is 3.51. The Labute approximate surface area is 293 Å². The first kappa shape index (κ1) is 36.1. The van der Waals surface area contributed by atoms with E-state index >= 15 is 0 Å². The van der Waals surface area contributed by atoms with Gasteiger partial charge in [0.1, 0.15) is 11.4 Å². The minimum Gasteiger partial charge on any atom is -0.484 e. The molecule has 0 fully saturated rings. The van der Waals surface area contributed by atoms with Crippen LogP contribution in [0.4, 0.5) is 5.69 Å². The molecule has 260 valence electrons. The summed E-state index contributed by atoms with van der Waals surface area (Å²) in [5.41, 5.74) is 4.57. The second kappa shape index (κ2) is 16.9. The van der Waals surface area contributed by atoms with Gasteiger partial charge in [0.05, 0.1) is 23.9 Å². The Hall–Kier alpha value is -4.22. The van der Waals surface area contributed by atoms with Crippen LogP contribution in [0.3, 0.4) is 0 Å². The quantitative estimate of drug-likeness (QED) is 0.125. The van der Waals surface area contributed by atoms with Crippen LogP contribution in [0.1, 0.15) is 78.6 Å². The Balaban J connectivity index is 1.47. The summed E-state index contributed by atoms with van der Waals surface area (Å²) in [4.78, 5) is 31.2. The zero-order valence-electron chi connectivity index (χ0n) is 28.4. The first-order chi connectivity index (χ1) is 23.7. The van der Waals surface area contributed by atoms with E-state index in [1.54, 1.807) is 52.0 Å². The van der Waals surface area contributed by atoms with Crippen molar-refractivity contribution < 1.29 is 24.5 Å². The maximum Gasteiger partial charge on any atom is 0.262 e. The van der Waals surface area contributed by atoms with Crippen molar-refractivity contribution in [2.24, 2.45) is 0 Å². The summed E-state index contributed by atoms with van der Waals surface area (Å²) in [6, 6.07) is 21.2. The number of fused-ring (bicyclic) bond motifs is 1. The van der Waals surface area contributed by atoms with Crippen molar-refractivity contribution in [2.45, 2.75) is 71.7 Å². The number of nitrogens with one attached hydrogen (secondary N) is 1. The first-order valence-electron chi connectivity index (χ1n) is 17.0. The molecule has 11 heteroatoms. The minimum atomic E-state index is -0.895. The molecule has 2 unspecified atom stereocenters. The first-order valence-corrected chi connectivity index (χ1v) is 17.4. The van der Waals surface area contributed by atoms with E-state index in [-0.39, 0.29) is 19.1 Å². The van der Waals surface area contributed by atoms with Crippen LogP contribution in [0, 0.1) is 6.92 Å². The summed E-state index contributed by atoms with van der Waals surface area (Å²) >= 11 is 5.95. The number of anilines is 1. The summed E-state index contributed by atoms with van der Waals surface area (Å²) in [7, 11) is 0. The fraction of sp³-hybridized carbons (Fsp3) is 0.395. The van der Waals surface area contributed by atoms with Crippen molar-refractivity contribution in [2.75, 3.05) is 31.6 Å². The van der Waals surface area contributed by atoms with Crippen LogP contribution >= 0.6 is 11.6 Å². The number of aliphatic hydroxyl groups excluding tert-OH is 2. The van der Waals surface area contributed by atoms with Gasteiger partial charge in [0.2, 0.25) is 0 Å². The maximum atomic E-state index is 14.5. The number of aliphatic hydroxyl groups is 2. The Bertz CT molecular complexity index is 1720. The molecule has 10 nitrogen and oxygen atoms in total. The number of benzene rings is 3. The van der Waals surface area contributed by atoms with E-state index in [2.05, 4.69) is 19.2 Å². The van der Waals surface area contributed by atoms with Crippen LogP contribution in [0.15, 0.2) is 72.8 Å². The lowest BCUT2D eigenvalue weighted by Gasteiger charge is -2.36. The molecule has 3 aromatic carbocycles. The van der Waals surface area contributed by atoms with Crippen LogP contribution < -0.4 is 10.1 Å². The molecule has 0 saturated heterocycles. The number of carbonyl (C=O) groups is 2. The standard InChI is InChI=1S/C38H46ClN5O5/c1-4-6-18-42(19-7-5-2)38(48)34-20-26(3)44(41-34)35-17-14-30(40-36(46)25-49-32-15-12-29(39)13-16-32)22-33(35)37(47)43-23-28-11-9-8-10-27(28)21-31(43)24-45/h8-17,20,22,31,38,45,48H,4-7,18-19,21,23-25H2,1-3H3,(H,40,46). The maximum absolute atomic E-state index is 14.5. The van der Waals surface area contributed by atoms with Gasteiger partial charge in [0, 0.05) is 36.0 Å². The van der Waals surface area contributed by atoms with Crippen molar-refractivity contribution in [3.8, 4) is 11.4 Å². The number of carbonyl (C=O) groups excluding carboxylic acids is 2. The summed E-state index contributed by atoms with van der Waals surface area (Å²) < 4.78 is 7.29. The number of unbranched alkanes of at least 4 members (excludes halogenated alkanes) is 2. The number of amides is 2. The molecule has 2 amide bonds. The molecule has 0 saturated carbocycles. The van der Waals surface area contributed by atoms with E-state index in [1.165, 1.54) is 0 Å². The van der Waals surface area contributed by atoms with E-state index in [0.717, 1.165) is 55.6 Å². The van der Waals surface area contributed by atoms with Gasteiger partial charge in [0.25, 0.3) is 11.8 Å². The SMILES string of the molecule is CCCCN(CCCC)C(O)c1cc(C)n(-c2ccc(NC(=O)COc3ccc(Cl)cc3)cc2C(=O)N2Cc3ccccc3CC2CO)n1. The monoisotopic (exact) mass is 687 g/mol. The van der Waals surface area contributed by atoms with Crippen LogP contribution in [-0.4, -0.2) is 74.0 Å². The number of aromatic nitrogens is 2. The van der Waals surface area contributed by atoms with Crippen molar-refractivity contribution in [1.29, 1.82) is 0 Å². The lowest BCUT2D eigenvalue weighted by Crippen LogP contribution is -2.46. The molecule has 5 rings (SSSR count). The summed E-state index contributed by atoms with van der Waals surface area (Å²) in [6.45, 7) is 7.54. The number of rotatable bonds is 15. The number of aryl methyl sites for hydroxylation is 1. The third-order valence-corrected chi connectivity index (χ3v) is 9.12. The predicted molar refractivity (Wildman–Crippen MR) is 191 cm³/mol. The van der Waals surface area contributed by atoms with Gasteiger partial charge in [-0.1, -0.05) is 62.6 Å². The predicted octanol–water partition coefficient (Wildman–Crippen LogP) is 6.30. The minimum absolute atomic E-state index is 0.198. The molecule has 1 aliphatic heterocycles. The molecule has 2 heterocycles. The van der Waals surface area contributed by atoms with Gasteiger partial charge >= 0.3 is 0 Å². The van der Waals surface area contributed by atoms with Gasteiger partial charge in [-0.15, -0.1) is 0 Å². The zero-order valence-corrected chi connectivity index (χ0v) is 29.2. The third kappa shape index (κ3) is 8.88. The normalized spacial score (nSPS) is 14.8. The second-order valence-corrected chi connectivity index (χ2v) is 12.9. The lowest BCUT2D eigenvalue weighted by molar-refractivity contribution is -0.118. The summed E-state index contributed by atoms with van der Waals surface area (Å²) in [5, 5.41) is 30.0. The molecule has 0 bridgehead atoms. The molecule has 1 aliphatic rings. The van der Waals surface area contributed by atoms with Gasteiger partial charge in [-0.05, 0) is 85.8 Å². The number of ether oxygens (including phenoxy) is 1. The molecule has 0 aliphatic carbocycles. The van der Waals surface area contributed by atoms with Crippen LogP contribution in [0.2, 0.25) is 5.02 Å². The van der Waals surface area contributed by atoms with Crippen molar-refractivity contribution in [1.82, 2.24) is 19.6 Å². The highest BCUT2D eigenvalue weighted by Crippen LogP contribution is 2.30. The van der Waals surface area contributed by atoms with Crippen molar-refractivity contribution >= 4 is 29.1 Å². The van der Waals surface area contributed by atoms with Crippen LogP contribution in [0.5, 0.6) is 5.75 Å². The third-order valence-electron chi connectivity index (χ3n) is 8.86. The topological polar surface area (TPSA) is 120 Å². The summed E-state index contributed by atoms with van der Waals surface area (Å²) in [5.74, 6) is -0.205. The Morgan fingerprint density at radius 2 is 1.71 bits per heavy atom. The highest BCUT2D eigenvalue weighted by Gasteiger charge is 2.32. The lowest BCUT2D eigenvalue weighted by atomic mass is 9.93. The van der Waals surface area contributed by atoms with Gasteiger partial charge in [0.15, 0.2) is 12.8 Å². The number of halogens is 1. The van der Waals surface area contributed by atoms with Crippen molar-refractivity contribution in [3.05, 3.63) is 106 Å². The van der Waals surface area contributed by atoms with Crippen LogP contribution in [-0.2, 0) is 17.8 Å². The highest BCUT2D eigenvalue weighted by atomic mass is 35.5. The Morgan fingerprint density at radius 3 is 2.39 bits per heavy atom. The number of nitrogens with zero attached hydrogens (tertiary/aromatic N) is 4. The Morgan fingerprint density at radius 1 is 1.02 bits per heavy atom. The van der Waals surface area contributed by atoms with Gasteiger partial charge in [-0.2, -0.15) is 5.10 Å². The fourth-order valence-electron chi connectivity index (χ4n) is 6.12. The van der Waals surface area contributed by atoms with E-state index < -0.39 is 18.2 Å². The number of hydrogen-bond acceptors (Lipinski definition) is 7. The molecule has 3 N–H and O–H groups in total. The summed E-state index contributed by atoms with van der Waals surface area (Å²) in [6.07, 6.45) is 3.58. The fourth-order valence-corrected chi connectivity index (χ4v) is 6.25. The van der Waals surface area contributed by atoms with E-state index in [1.807, 2.05) is 42.2 Å². The zero-order chi connectivity index (χ0) is 34.9. The van der Waals surface area contributed by atoms with Gasteiger partial charge in [-0.3, -0.25) is 14.5 Å². The van der Waals surface area contributed by atoms with E-state index in [9.17, 15) is 19.8 Å². The average molecular weight is 688 g/mol. The molecule has 0 radical (unpaired) electrons. The van der Waals surface area contributed by atoms with Crippen LogP contribution in [0.25, 0.3) is 5.69 Å². The molecular weight excluding hydrogens is 642 g/mol. The van der Waals surface area contributed by atoms with Crippen molar-refractivity contribution in [3.63, 3.8) is 0 Å². The van der Waals surface area contributed by atoms with Gasteiger partial charge < -0.3 is 25.2 Å². The van der Waals surface area contributed by atoms with E-state index in [0.29, 0.717) is 46.4 Å². The molecular formula is C38H46ClN5O5. The second-order valence-electron chi connectivity index (χ2n) is 12.5. The van der Waals surface area contributed by atoms with E-state index in [4.69, 9.17) is 21.4 Å². The van der Waals surface area contributed by atoms with Gasteiger partial charge in [-0.25, -0.2) is 4.68 Å². The molecule has 0 spiro atoms. The molecule has 49 heavy (non-hydrogen) atoms. The molecule has 1 aromatic heterocycles. The Kier molecular flexibility index (Phi) is 12.5. The number of hydrogen-bond donors (Lipinski definition) is 3. The molecule has 4 aromatic rings. The molecule has 2 atom stereocenters.